The first-order chi connectivity index (χ1) is 45.9. The van der Waals surface area contributed by atoms with E-state index in [0.29, 0.717) is 200 Å². The van der Waals surface area contributed by atoms with Crippen molar-refractivity contribution in [3.05, 3.63) is 188 Å². The van der Waals surface area contributed by atoms with Crippen molar-refractivity contribution in [1.82, 2.24) is 0 Å². The SMILES string of the molecule is COc1ccc(C=Nc2cc3c(O)c(c2)Cc2cc(N=Cc4ccc(OC)cc4OC)cc(c2OCCCCCC=O)Cc2cc(NCc4ccc(OC)cc4OC)cc(c2O)Cc2cc(N=Cc4ccc(OC)cc4OC)cc(c2OCCCCCC=O)C3)c(OC)c1. The predicted octanol–water partition coefficient (Wildman–Crippen LogP) is 15.0. The van der Waals surface area contributed by atoms with Gasteiger partial charge in [-0.25, -0.2) is 0 Å². The number of aliphatic imine (C=N–C) groups is 3. The first-order valence-corrected chi connectivity index (χ1v) is 31.3. The number of aldehydes is 2. The minimum absolute atomic E-state index is 0.0246. The fourth-order valence-corrected chi connectivity index (χ4v) is 11.3. The molecule has 9 rings (SSSR count). The Labute approximate surface area is 549 Å². The highest BCUT2D eigenvalue weighted by Crippen LogP contribution is 2.44. The lowest BCUT2D eigenvalue weighted by molar-refractivity contribution is -0.108. The van der Waals surface area contributed by atoms with Crippen LogP contribution in [0, 0.1) is 0 Å². The molecule has 3 N–H and O–H groups in total. The van der Waals surface area contributed by atoms with Crippen molar-refractivity contribution in [3.63, 3.8) is 0 Å². The summed E-state index contributed by atoms with van der Waals surface area (Å²) in [4.78, 5) is 38.1. The number of phenolic OH excluding ortho intramolecular Hbond substituents is 2. The van der Waals surface area contributed by atoms with E-state index in [0.717, 1.165) is 31.0 Å². The van der Waals surface area contributed by atoms with Gasteiger partial charge in [0.1, 0.15) is 81.6 Å². The number of aromatic hydroxyl groups is 2. The number of unbranched alkanes of at least 4 members (excludes halogenated alkanes) is 6. The summed E-state index contributed by atoms with van der Waals surface area (Å²) < 4.78 is 59.3. The summed E-state index contributed by atoms with van der Waals surface area (Å²) in [5, 5.41) is 29.8. The number of nitrogens with zero attached hydrogens (tertiary/aromatic N) is 3. The predicted molar refractivity (Wildman–Crippen MR) is 368 cm³/mol. The molecular formula is C76H82N4O14. The third kappa shape index (κ3) is 17.5. The van der Waals surface area contributed by atoms with E-state index in [1.54, 1.807) is 93.7 Å². The van der Waals surface area contributed by atoms with E-state index in [2.05, 4.69) is 5.32 Å². The first-order valence-electron chi connectivity index (χ1n) is 31.3. The fourth-order valence-electron chi connectivity index (χ4n) is 11.3. The van der Waals surface area contributed by atoms with E-state index < -0.39 is 0 Å². The maximum atomic E-state index is 13.1. The van der Waals surface area contributed by atoms with E-state index in [1.165, 1.54) is 0 Å². The third-order valence-electron chi connectivity index (χ3n) is 16.3. The monoisotopic (exact) mass is 1270 g/mol. The van der Waals surface area contributed by atoms with Gasteiger partial charge in [0.15, 0.2) is 0 Å². The van der Waals surface area contributed by atoms with Crippen LogP contribution in [-0.4, -0.2) is 112 Å². The topological polar surface area (TPSA) is 216 Å². The third-order valence-corrected chi connectivity index (χ3v) is 16.3. The smallest absolute Gasteiger partial charge is 0.131 e. The van der Waals surface area contributed by atoms with Crippen molar-refractivity contribution >= 4 is 54.0 Å². The Morgan fingerprint density at radius 1 is 0.383 bits per heavy atom. The molecule has 0 unspecified atom stereocenters. The zero-order valence-corrected chi connectivity index (χ0v) is 54.7. The zero-order valence-electron chi connectivity index (χ0n) is 54.7. The van der Waals surface area contributed by atoms with Gasteiger partial charge in [-0.05, 0) is 136 Å². The maximum Gasteiger partial charge on any atom is 0.131 e. The van der Waals surface area contributed by atoms with Gasteiger partial charge < -0.3 is 72.5 Å². The highest BCUT2D eigenvalue weighted by Gasteiger charge is 2.25. The number of hydrogen-bond donors (Lipinski definition) is 3. The van der Waals surface area contributed by atoms with Gasteiger partial charge in [-0.15, -0.1) is 0 Å². The minimum atomic E-state index is 0.0246. The molecule has 18 nitrogen and oxygen atoms in total. The average molecular weight is 1280 g/mol. The number of anilines is 1. The second kappa shape index (κ2) is 33.7. The summed E-state index contributed by atoms with van der Waals surface area (Å²) in [6, 6.07) is 37.6. The summed E-state index contributed by atoms with van der Waals surface area (Å²) in [7, 11) is 12.8. The summed E-state index contributed by atoms with van der Waals surface area (Å²) in [6.45, 7) is 0.965. The molecule has 0 spiro atoms. The Kier molecular flexibility index (Phi) is 24.4. The molecule has 0 aromatic heterocycles. The van der Waals surface area contributed by atoms with Crippen molar-refractivity contribution in [2.45, 2.75) is 83.6 Å². The van der Waals surface area contributed by atoms with Gasteiger partial charge in [-0.1, -0.05) is 0 Å². The van der Waals surface area contributed by atoms with Gasteiger partial charge in [0, 0.05) is 160 Å². The Bertz CT molecular complexity index is 3840. The van der Waals surface area contributed by atoms with Crippen LogP contribution in [0.15, 0.2) is 136 Å². The quantitative estimate of drug-likeness (QED) is 0.0159. The van der Waals surface area contributed by atoms with Crippen LogP contribution in [0.25, 0.3) is 0 Å². The summed E-state index contributed by atoms with van der Waals surface area (Å²) in [6.07, 6.45) is 12.7. The Balaban J connectivity index is 1.31. The van der Waals surface area contributed by atoms with Crippen LogP contribution < -0.4 is 52.7 Å². The van der Waals surface area contributed by atoms with Gasteiger partial charge in [0.05, 0.1) is 87.2 Å². The van der Waals surface area contributed by atoms with Gasteiger partial charge in [-0.2, -0.15) is 0 Å². The summed E-state index contributed by atoms with van der Waals surface area (Å²) in [5.74, 6) is 5.99. The molecule has 0 atom stereocenters. The summed E-state index contributed by atoms with van der Waals surface area (Å²) >= 11 is 0. The van der Waals surface area contributed by atoms with E-state index >= 15 is 0 Å². The minimum Gasteiger partial charge on any atom is -0.507 e. The van der Waals surface area contributed by atoms with Crippen molar-refractivity contribution in [2.24, 2.45) is 15.0 Å². The van der Waals surface area contributed by atoms with Crippen LogP contribution >= 0.6 is 0 Å². The molecule has 0 saturated carbocycles. The fraction of sp³-hybridized carbons (Fsp3) is 0.303. The molecule has 18 heteroatoms. The number of ether oxygens (including phenoxy) is 10. The van der Waals surface area contributed by atoms with Crippen molar-refractivity contribution in [2.75, 3.05) is 75.4 Å². The standard InChI is InChI=1S/C76H82N4O14/c1-85-65-21-17-49(69(41-65)89-5)45-77-61-33-53-29-57-37-63(79-47-51-19-23-67(87-3)43-71(51)91-7)39-59(75(57)93-27-15-11-9-13-25-81)31-55-35-62(78-46-50-18-22-66(86-2)42-70(50)90-6)36-56(74(55)84)32-60-40-64(80-48-52-20-24-68(88-4)44-72(52)92-8)38-58(30-54(34-61)73(53)83)76(60)94-28-16-12-10-14-26-82/h17-26,33-45,47-48,78,83-84H,9-16,27-32,46H2,1-8H3. The maximum absolute atomic E-state index is 13.1. The highest BCUT2D eigenvalue weighted by molar-refractivity contribution is 5.88. The molecule has 0 heterocycles. The lowest BCUT2D eigenvalue weighted by Gasteiger charge is -2.22. The largest absolute Gasteiger partial charge is 0.507 e. The van der Waals surface area contributed by atoms with Crippen LogP contribution in [-0.2, 0) is 41.8 Å². The molecule has 0 amide bonds. The van der Waals surface area contributed by atoms with Crippen LogP contribution in [0.5, 0.6) is 69.0 Å². The van der Waals surface area contributed by atoms with Crippen molar-refractivity contribution < 1.29 is 67.2 Å². The van der Waals surface area contributed by atoms with Gasteiger partial charge >= 0.3 is 0 Å². The number of phenols is 2. The molecular weight excluding hydrogens is 1190 g/mol. The number of carbonyl (C=O) groups excluding carboxylic acids is 2. The number of benzene rings is 8. The van der Waals surface area contributed by atoms with Gasteiger partial charge in [0.25, 0.3) is 0 Å². The molecule has 8 aromatic rings. The van der Waals surface area contributed by atoms with Gasteiger partial charge in [-0.3, -0.25) is 15.0 Å². The van der Waals surface area contributed by atoms with E-state index in [-0.39, 0.29) is 37.2 Å². The van der Waals surface area contributed by atoms with Crippen molar-refractivity contribution in [1.29, 1.82) is 0 Å². The van der Waals surface area contributed by atoms with Crippen LogP contribution in [0.1, 0.15) is 118 Å². The Hall–Kier alpha value is -10.5. The summed E-state index contributed by atoms with van der Waals surface area (Å²) in [5.41, 5.74) is 10.3. The molecule has 1 aliphatic rings. The second-order valence-corrected chi connectivity index (χ2v) is 22.5. The van der Waals surface area contributed by atoms with E-state index in [1.807, 2.05) is 103 Å². The second-order valence-electron chi connectivity index (χ2n) is 22.5. The van der Waals surface area contributed by atoms with Crippen LogP contribution in [0.3, 0.4) is 0 Å². The Morgan fingerprint density at radius 3 is 1.05 bits per heavy atom. The molecule has 94 heavy (non-hydrogen) atoms. The number of methoxy groups -OCH3 is 8. The van der Waals surface area contributed by atoms with Crippen LogP contribution in [0.4, 0.5) is 22.7 Å². The molecule has 0 aliphatic heterocycles. The first kappa shape index (κ1) is 67.9. The van der Waals surface area contributed by atoms with Crippen LogP contribution in [0.2, 0.25) is 0 Å². The Morgan fingerprint density at radius 2 is 0.713 bits per heavy atom. The highest BCUT2D eigenvalue weighted by atomic mass is 16.5. The molecule has 8 bridgehead atoms. The average Bonchev–Trinajstić information content (AvgIpc) is 0.786. The van der Waals surface area contributed by atoms with E-state index in [4.69, 9.17) is 62.3 Å². The molecule has 490 valence electrons. The molecule has 0 radical (unpaired) electrons. The lowest BCUT2D eigenvalue weighted by atomic mass is 9.90. The number of nitrogens with one attached hydrogen (secondary N) is 1. The number of carbonyl (C=O) groups is 2. The molecule has 0 saturated heterocycles. The molecule has 8 aromatic carbocycles. The number of rotatable bonds is 31. The lowest BCUT2D eigenvalue weighted by Crippen LogP contribution is -2.08. The molecule has 1 aliphatic carbocycles. The number of fused-ring (bicyclic) bond motifs is 8. The van der Waals surface area contributed by atoms with Gasteiger partial charge in [0.2, 0.25) is 0 Å². The van der Waals surface area contributed by atoms with E-state index in [9.17, 15) is 19.8 Å². The normalized spacial score (nSPS) is 12.0. The zero-order chi connectivity index (χ0) is 66.3. The number of hydrogen-bond acceptors (Lipinski definition) is 18. The molecule has 0 fully saturated rings. The van der Waals surface area contributed by atoms with Crippen molar-refractivity contribution in [3.8, 4) is 69.0 Å².